The Morgan fingerprint density at radius 2 is 1.45 bits per heavy atom. The summed E-state index contributed by atoms with van der Waals surface area (Å²) in [6, 6.07) is 8.96. The van der Waals surface area contributed by atoms with Crippen LogP contribution in [0, 0.1) is 5.92 Å². The number of aliphatic hydroxyl groups excluding tert-OH is 2. The minimum atomic E-state index is -6.26. The van der Waals surface area contributed by atoms with Crippen LogP contribution in [-0.4, -0.2) is 174 Å². The van der Waals surface area contributed by atoms with E-state index in [2.05, 4.69) is 38.5 Å². The minimum Gasteiger partial charge on any atom is -0.483 e. The quantitative estimate of drug-likeness (QED) is 0.0260. The number of nitrogens with zero attached hydrogens (tertiary/aromatic N) is 9. The number of hydrogen-bond donors (Lipinski definition) is 10. The van der Waals surface area contributed by atoms with E-state index in [1.54, 1.807) is 18.2 Å². The number of hydrogen-bond acceptors (Lipinski definition) is 26. The van der Waals surface area contributed by atoms with E-state index in [9.17, 15) is 67.2 Å². The van der Waals surface area contributed by atoms with Crippen LogP contribution >= 0.6 is 31.1 Å². The Kier molecular flexibility index (Phi) is 17.4. The number of para-hydroxylation sites is 1. The van der Waals surface area contributed by atoms with Crippen molar-refractivity contribution in [1.29, 1.82) is 0 Å². The number of fused-ring (bicyclic) bond motifs is 2. The number of aliphatic hydroxyl groups is 2. The molecule has 1 amide bonds. The van der Waals surface area contributed by atoms with Crippen molar-refractivity contribution in [2.45, 2.75) is 73.5 Å². The van der Waals surface area contributed by atoms with Crippen molar-refractivity contribution in [3.63, 3.8) is 0 Å². The third-order valence-corrected chi connectivity index (χ3v) is 19.4. The number of carbonyl (C=O) groups is 1. The van der Waals surface area contributed by atoms with Gasteiger partial charge in [0, 0.05) is 45.8 Å². The van der Waals surface area contributed by atoms with Gasteiger partial charge < -0.3 is 74.4 Å². The number of aryl methyl sites for hydroxylation is 1. The smallest absolute Gasteiger partial charge is 0.483 e. The number of nitrogens with two attached hydrogens (primary N) is 2. The highest BCUT2D eigenvalue weighted by molar-refractivity contribution is 7.66. The van der Waals surface area contributed by atoms with Gasteiger partial charge in [-0.15, -0.1) is 0 Å². The number of imidazole rings is 2. The number of nitrogen functional groups attached to an aromatic ring is 2. The molecule has 9 rings (SSSR count). The number of phosphoric ester groups is 2. The maximum Gasteiger partial charge on any atom is 0.490 e. The van der Waals surface area contributed by atoms with Crippen molar-refractivity contribution in [3.05, 3.63) is 92.8 Å². The van der Waals surface area contributed by atoms with Crippen LogP contribution in [0.2, 0.25) is 0 Å². The Morgan fingerprint density at radius 3 is 2.11 bits per heavy atom. The van der Waals surface area contributed by atoms with Crippen LogP contribution in [0.3, 0.4) is 0 Å². The summed E-state index contributed by atoms with van der Waals surface area (Å²) in [5.74, 6) is -1.99. The molecule has 6 aromatic rings. The van der Waals surface area contributed by atoms with E-state index in [0.717, 1.165) is 36.6 Å². The van der Waals surface area contributed by atoms with Crippen molar-refractivity contribution in [3.8, 4) is 5.75 Å². The number of ether oxygens (including phenoxy) is 5. The number of amides is 1. The summed E-state index contributed by atoms with van der Waals surface area (Å²) in [7, 11) is -18.2. The van der Waals surface area contributed by atoms with Gasteiger partial charge in [-0.2, -0.15) is 8.62 Å². The van der Waals surface area contributed by atoms with Gasteiger partial charge in [0.05, 0.1) is 39.3 Å². The zero-order chi connectivity index (χ0) is 59.4. The van der Waals surface area contributed by atoms with Crippen LogP contribution in [-0.2, 0) is 71.2 Å². The molecule has 0 aliphatic carbocycles. The molecule has 12 N–H and O–H groups in total. The molecule has 82 heavy (non-hydrogen) atoms. The highest BCUT2D eigenvalue weighted by atomic mass is 31.3. The predicted octanol–water partition coefficient (Wildman–Crippen LogP) is -1.99. The fraction of sp³-hybridized carbons (Fsp3) is 0.488. The maximum atomic E-state index is 14.6. The van der Waals surface area contributed by atoms with Crippen LogP contribution < -0.4 is 37.6 Å². The highest BCUT2D eigenvalue weighted by Crippen LogP contribution is 2.68. The van der Waals surface area contributed by atoms with E-state index in [-0.39, 0.29) is 39.8 Å². The molecule has 41 heteroatoms. The van der Waals surface area contributed by atoms with Gasteiger partial charge in [0.25, 0.3) is 17.1 Å². The molecule has 3 fully saturated rings. The molecule has 8 heterocycles. The summed E-state index contributed by atoms with van der Waals surface area (Å²) in [6.07, 6.45) is -11.7. The standard InChI is InChI=1S/C41H53N13O24P4/c1-50(2)25(56)12-20-21(74-37(28(20)57)54-18-51(3)27-35(54)48-40(43)49-36(27)59)13-71-80(63,64)77-82(67,68)78-81(65,66)72-15-23-32(31(69-4)39(76-23)53-17-46-26-33(42)44-16-45-34(26)53)79(61,62)70-14-22-29(58)30(73-19-8-6-5-7-9-19)38(75-22)52-11-10-24(55)47-41(52)60/h5-11,16-18,20-23,28-32,37-39,57-58H,12-15H2,1-4H3,(H9-,42,43,44,45,47,48,49,55,59,60,61,62,63,64,65,66,67,68)/p+1/t20-,21-,22-,23-,28-,29-,30-,31-,32-,37?,38-,39-/m1/s1. The highest BCUT2D eigenvalue weighted by Gasteiger charge is 2.58. The molecule has 1 aromatic carbocycles. The summed E-state index contributed by atoms with van der Waals surface area (Å²) < 4.78 is 113. The summed E-state index contributed by atoms with van der Waals surface area (Å²) >= 11 is 0. The van der Waals surface area contributed by atoms with E-state index in [1.807, 2.05) is 0 Å². The molecule has 37 nitrogen and oxygen atoms in total. The SMILES string of the molecule is CO[C@@H]1[C@H](P(=O)(O)OC[C@H]2O[C@@H](n3ccc(=O)[nH]c3=O)[C@H](Oc3ccccc3)[C@@H]2O)[C@@H](COP(=O)(O)OP(=O)(O)OP(=O)(O)OC[C@H]2OC([n+]3cn(C)c4c(=O)[nH]c(N)nc43)[C@H](O)[C@@H]2CC(=O)N(C)C)O[C@H]1n1cnc2c(N)ncnc21. The summed E-state index contributed by atoms with van der Waals surface area (Å²) in [5.41, 5.74) is 7.33. The van der Waals surface area contributed by atoms with E-state index in [0.29, 0.717) is 0 Å². The fourth-order valence-electron chi connectivity index (χ4n) is 9.48. The third kappa shape index (κ3) is 12.7. The number of benzene rings is 1. The van der Waals surface area contributed by atoms with Gasteiger partial charge in [-0.25, -0.2) is 38.0 Å². The Balaban J connectivity index is 0.910. The van der Waals surface area contributed by atoms with Crippen molar-refractivity contribution in [2.24, 2.45) is 13.0 Å². The number of phosphoric acid groups is 3. The topological polar surface area (TPSA) is 507 Å². The third-order valence-electron chi connectivity index (χ3n) is 13.2. The second-order valence-electron chi connectivity index (χ2n) is 18.8. The first-order valence-corrected chi connectivity index (χ1v) is 30.2. The lowest BCUT2D eigenvalue weighted by atomic mass is 9.94. The van der Waals surface area contributed by atoms with Gasteiger partial charge >= 0.3 is 42.4 Å². The van der Waals surface area contributed by atoms with E-state index in [1.165, 1.54) is 58.2 Å². The van der Waals surface area contributed by atoms with Crippen molar-refractivity contribution in [1.82, 2.24) is 48.5 Å². The largest absolute Gasteiger partial charge is 0.490 e. The number of anilines is 2. The Morgan fingerprint density at radius 1 is 0.805 bits per heavy atom. The van der Waals surface area contributed by atoms with Crippen molar-refractivity contribution in [2.75, 3.05) is 52.5 Å². The first kappa shape index (κ1) is 60.6. The second kappa shape index (κ2) is 23.6. The summed E-state index contributed by atoms with van der Waals surface area (Å²) in [5, 5.41) is 23.1. The van der Waals surface area contributed by atoms with E-state index >= 15 is 0 Å². The monoisotopic (exact) mass is 1240 g/mol. The maximum absolute atomic E-state index is 14.6. The molecular weight excluding hydrogens is 1180 g/mol. The molecule has 0 radical (unpaired) electrons. The zero-order valence-electron chi connectivity index (χ0n) is 43.0. The van der Waals surface area contributed by atoms with Crippen LogP contribution in [0.5, 0.6) is 5.75 Å². The Labute approximate surface area is 459 Å². The van der Waals surface area contributed by atoms with Crippen LogP contribution in [0.4, 0.5) is 11.8 Å². The molecule has 0 saturated carbocycles. The predicted molar refractivity (Wildman–Crippen MR) is 272 cm³/mol. The van der Waals surface area contributed by atoms with Gasteiger partial charge in [-0.05, 0) is 12.1 Å². The molecule has 3 aliphatic heterocycles. The lowest BCUT2D eigenvalue weighted by molar-refractivity contribution is -0.745. The lowest BCUT2D eigenvalue weighted by Gasteiger charge is -2.28. The average molecular weight is 1240 g/mol. The summed E-state index contributed by atoms with van der Waals surface area (Å²) in [6.45, 7) is -3.33. The first-order valence-electron chi connectivity index (χ1n) is 24.0. The molecule has 16 atom stereocenters. The number of aromatic amines is 2. The first-order chi connectivity index (χ1) is 38.6. The lowest BCUT2D eigenvalue weighted by Crippen LogP contribution is -2.45. The van der Waals surface area contributed by atoms with E-state index < -0.39 is 153 Å². The number of rotatable bonds is 22. The van der Waals surface area contributed by atoms with Gasteiger partial charge in [0.1, 0.15) is 53.8 Å². The van der Waals surface area contributed by atoms with Crippen LogP contribution in [0.1, 0.15) is 25.1 Å². The molecule has 5 aromatic heterocycles. The number of carbonyl (C=O) groups excluding carboxylic acids is 1. The molecule has 0 bridgehead atoms. The fourth-order valence-corrected chi connectivity index (χ4v) is 14.7. The molecule has 5 unspecified atom stereocenters. The van der Waals surface area contributed by atoms with Gasteiger partial charge in [-0.3, -0.25) is 51.7 Å². The second-order valence-corrected chi connectivity index (χ2v) is 25.4. The Bertz CT molecular complexity index is 3730. The van der Waals surface area contributed by atoms with Gasteiger partial charge in [0.15, 0.2) is 36.4 Å². The molecule has 3 saturated heterocycles. The Hall–Kier alpha value is -6.01. The number of methoxy groups -OCH3 is 1. The normalized spacial score (nSPS) is 28.6. The van der Waals surface area contributed by atoms with Crippen molar-refractivity contribution < 1.29 is 103 Å². The van der Waals surface area contributed by atoms with Gasteiger partial charge in [-0.1, -0.05) is 23.2 Å². The van der Waals surface area contributed by atoms with Gasteiger partial charge in [0.2, 0.25) is 17.7 Å². The van der Waals surface area contributed by atoms with Crippen LogP contribution in [0.15, 0.2) is 76.0 Å². The number of nitrogens with one attached hydrogen (secondary N) is 2. The molecule has 3 aliphatic rings. The minimum absolute atomic E-state index is 0.00769. The van der Waals surface area contributed by atoms with E-state index in [4.69, 9.17) is 48.7 Å². The average Bonchev–Trinajstić information content (AvgIpc) is 3.76. The molecular formula is C41H54N13O24P4+. The number of H-pyrrole nitrogens is 2. The molecule has 0 spiro atoms. The van der Waals surface area contributed by atoms with Crippen molar-refractivity contribution >= 4 is 71.1 Å². The summed E-state index contributed by atoms with van der Waals surface area (Å²) in [4.78, 5) is 116. The zero-order valence-corrected chi connectivity index (χ0v) is 46.6. The molecule has 446 valence electrons. The number of aromatic nitrogens is 10. The van der Waals surface area contributed by atoms with Crippen LogP contribution in [0.25, 0.3) is 22.3 Å².